The molecule has 118 valence electrons. The van der Waals surface area contributed by atoms with Crippen LogP contribution in [0.25, 0.3) is 0 Å². The van der Waals surface area contributed by atoms with Gasteiger partial charge in [0.25, 0.3) is 0 Å². The van der Waals surface area contributed by atoms with E-state index in [1.54, 1.807) is 12.1 Å². The third-order valence-corrected chi connectivity index (χ3v) is 4.41. The van der Waals surface area contributed by atoms with Crippen molar-refractivity contribution in [3.63, 3.8) is 0 Å². The minimum absolute atomic E-state index is 0.0237. The first kappa shape index (κ1) is 16.4. The van der Waals surface area contributed by atoms with Crippen molar-refractivity contribution in [1.82, 2.24) is 0 Å². The molecule has 2 aromatic carbocycles. The number of phenols is 1. The van der Waals surface area contributed by atoms with Crippen LogP contribution in [-0.2, 0) is 5.41 Å². The van der Waals surface area contributed by atoms with Gasteiger partial charge in [0.2, 0.25) is 0 Å². The molecule has 0 aliphatic heterocycles. The first-order valence-electron chi connectivity index (χ1n) is 8.08. The lowest BCUT2D eigenvalue weighted by molar-refractivity contribution is 0.242. The van der Waals surface area contributed by atoms with Gasteiger partial charge in [-0.15, -0.1) is 0 Å². The van der Waals surface area contributed by atoms with Crippen molar-refractivity contribution in [2.75, 3.05) is 0 Å². The van der Waals surface area contributed by atoms with Gasteiger partial charge in [-0.2, -0.15) is 0 Å². The summed E-state index contributed by atoms with van der Waals surface area (Å²) in [6.45, 7) is 8.50. The Morgan fingerprint density at radius 3 is 1.73 bits per heavy atom. The minimum atomic E-state index is -0.0237. The van der Waals surface area contributed by atoms with Gasteiger partial charge < -0.3 is 9.84 Å². The summed E-state index contributed by atoms with van der Waals surface area (Å²) < 4.78 is 5.74. The molecule has 0 saturated heterocycles. The lowest BCUT2D eigenvalue weighted by Crippen LogP contribution is -2.25. The topological polar surface area (TPSA) is 29.5 Å². The van der Waals surface area contributed by atoms with E-state index in [1.807, 2.05) is 26.0 Å². The molecular weight excluding hydrogens is 272 g/mol. The Labute approximate surface area is 133 Å². The van der Waals surface area contributed by atoms with Gasteiger partial charge >= 0.3 is 0 Å². The van der Waals surface area contributed by atoms with E-state index in [2.05, 4.69) is 38.1 Å². The fourth-order valence-corrected chi connectivity index (χ4v) is 3.14. The maximum Gasteiger partial charge on any atom is 0.119 e. The molecule has 0 heterocycles. The zero-order valence-electron chi connectivity index (χ0n) is 14.0. The SMILES string of the molecule is CCC(CC)(c1ccc(O)cc1)c1ccc(OC(C)C)cc1. The van der Waals surface area contributed by atoms with Crippen LogP contribution < -0.4 is 4.74 Å². The van der Waals surface area contributed by atoms with Crippen LogP contribution in [-0.4, -0.2) is 11.2 Å². The van der Waals surface area contributed by atoms with Crippen molar-refractivity contribution in [1.29, 1.82) is 0 Å². The number of rotatable bonds is 6. The maximum absolute atomic E-state index is 9.54. The molecule has 0 saturated carbocycles. The number of aromatic hydroxyl groups is 1. The van der Waals surface area contributed by atoms with E-state index in [9.17, 15) is 5.11 Å². The fourth-order valence-electron chi connectivity index (χ4n) is 3.14. The first-order chi connectivity index (χ1) is 10.5. The number of ether oxygens (including phenoxy) is 1. The molecule has 0 spiro atoms. The van der Waals surface area contributed by atoms with Gasteiger partial charge in [-0.05, 0) is 62.1 Å². The van der Waals surface area contributed by atoms with Crippen LogP contribution >= 0.6 is 0 Å². The second-order valence-corrected chi connectivity index (χ2v) is 6.03. The van der Waals surface area contributed by atoms with Gasteiger partial charge in [0.05, 0.1) is 6.10 Å². The largest absolute Gasteiger partial charge is 0.508 e. The Kier molecular flexibility index (Phi) is 5.12. The minimum Gasteiger partial charge on any atom is -0.508 e. The van der Waals surface area contributed by atoms with Crippen LogP contribution in [0.15, 0.2) is 48.5 Å². The highest BCUT2D eigenvalue weighted by atomic mass is 16.5. The quantitative estimate of drug-likeness (QED) is 0.785. The molecule has 2 rings (SSSR count). The lowest BCUT2D eigenvalue weighted by atomic mass is 9.70. The summed E-state index contributed by atoms with van der Waals surface area (Å²) in [7, 11) is 0. The fraction of sp³-hybridized carbons (Fsp3) is 0.400. The second kappa shape index (κ2) is 6.87. The number of hydrogen-bond acceptors (Lipinski definition) is 2. The molecule has 0 fully saturated rings. The van der Waals surface area contributed by atoms with Crippen molar-refractivity contribution in [3.05, 3.63) is 59.7 Å². The van der Waals surface area contributed by atoms with Gasteiger partial charge in [0.15, 0.2) is 0 Å². The highest BCUT2D eigenvalue weighted by Gasteiger charge is 2.30. The van der Waals surface area contributed by atoms with Gasteiger partial charge in [0.1, 0.15) is 11.5 Å². The Morgan fingerprint density at radius 1 is 0.864 bits per heavy atom. The third kappa shape index (κ3) is 3.27. The van der Waals surface area contributed by atoms with Crippen LogP contribution in [0.3, 0.4) is 0 Å². The summed E-state index contributed by atoms with van der Waals surface area (Å²) in [5.41, 5.74) is 2.51. The van der Waals surface area contributed by atoms with Crippen LogP contribution in [0.2, 0.25) is 0 Å². The Morgan fingerprint density at radius 2 is 1.32 bits per heavy atom. The van der Waals surface area contributed by atoms with Crippen LogP contribution in [0.1, 0.15) is 51.7 Å². The monoisotopic (exact) mass is 298 g/mol. The summed E-state index contributed by atoms with van der Waals surface area (Å²) in [5.74, 6) is 1.22. The summed E-state index contributed by atoms with van der Waals surface area (Å²) in [6, 6.07) is 16.0. The zero-order valence-corrected chi connectivity index (χ0v) is 14.0. The van der Waals surface area contributed by atoms with E-state index < -0.39 is 0 Å². The molecule has 0 aromatic heterocycles. The first-order valence-corrected chi connectivity index (χ1v) is 8.08. The Hall–Kier alpha value is -1.96. The van der Waals surface area contributed by atoms with Crippen molar-refractivity contribution in [2.45, 2.75) is 52.1 Å². The molecule has 2 nitrogen and oxygen atoms in total. The molecule has 0 radical (unpaired) electrons. The van der Waals surface area contributed by atoms with Gasteiger partial charge in [0, 0.05) is 5.41 Å². The molecule has 22 heavy (non-hydrogen) atoms. The molecule has 0 amide bonds. The molecule has 0 unspecified atom stereocenters. The second-order valence-electron chi connectivity index (χ2n) is 6.03. The van der Waals surface area contributed by atoms with Gasteiger partial charge in [-0.1, -0.05) is 38.1 Å². The summed E-state index contributed by atoms with van der Waals surface area (Å²) >= 11 is 0. The molecule has 0 aliphatic carbocycles. The molecule has 0 aliphatic rings. The normalized spacial score (nSPS) is 11.7. The summed E-state index contributed by atoms with van der Waals surface area (Å²) in [6.07, 6.45) is 2.21. The van der Waals surface area contributed by atoms with Gasteiger partial charge in [-0.25, -0.2) is 0 Å². The highest BCUT2D eigenvalue weighted by Crippen LogP contribution is 2.39. The van der Waals surface area contributed by atoms with E-state index in [4.69, 9.17) is 4.74 Å². The van der Waals surface area contributed by atoms with E-state index in [1.165, 1.54) is 11.1 Å². The zero-order chi connectivity index (χ0) is 16.2. The van der Waals surface area contributed by atoms with E-state index in [0.29, 0.717) is 5.75 Å². The molecule has 1 N–H and O–H groups in total. The summed E-state index contributed by atoms with van der Waals surface area (Å²) in [4.78, 5) is 0. The van der Waals surface area contributed by atoms with Crippen molar-refractivity contribution in [3.8, 4) is 11.5 Å². The average Bonchev–Trinajstić information content (AvgIpc) is 2.51. The molecule has 2 aromatic rings. The number of hydrogen-bond donors (Lipinski definition) is 1. The van der Waals surface area contributed by atoms with Crippen LogP contribution in [0.4, 0.5) is 0 Å². The van der Waals surface area contributed by atoms with E-state index in [0.717, 1.165) is 18.6 Å². The highest BCUT2D eigenvalue weighted by molar-refractivity contribution is 5.43. The smallest absolute Gasteiger partial charge is 0.119 e. The Bertz CT molecular complexity index is 578. The van der Waals surface area contributed by atoms with Crippen LogP contribution in [0, 0.1) is 0 Å². The van der Waals surface area contributed by atoms with Crippen molar-refractivity contribution >= 4 is 0 Å². The van der Waals surface area contributed by atoms with Crippen molar-refractivity contribution < 1.29 is 9.84 Å². The molecule has 0 bridgehead atoms. The molecule has 0 atom stereocenters. The predicted octanol–water partition coefficient (Wildman–Crippen LogP) is 5.29. The maximum atomic E-state index is 9.54. The standard InChI is InChI=1S/C20H26O2/c1-5-20(6-2,16-7-11-18(21)12-8-16)17-9-13-19(14-10-17)22-15(3)4/h7-15,21H,5-6H2,1-4H3. The third-order valence-electron chi connectivity index (χ3n) is 4.41. The lowest BCUT2D eigenvalue weighted by Gasteiger charge is -2.33. The summed E-state index contributed by atoms with van der Waals surface area (Å²) in [5, 5.41) is 9.54. The predicted molar refractivity (Wildman–Crippen MR) is 91.7 cm³/mol. The Balaban J connectivity index is 2.40. The van der Waals surface area contributed by atoms with E-state index in [-0.39, 0.29) is 11.5 Å². The molecule has 2 heteroatoms. The van der Waals surface area contributed by atoms with E-state index >= 15 is 0 Å². The number of phenolic OH excluding ortho intramolecular Hbond substituents is 1. The molecular formula is C20H26O2. The average molecular weight is 298 g/mol. The van der Waals surface area contributed by atoms with Gasteiger partial charge in [-0.3, -0.25) is 0 Å². The van der Waals surface area contributed by atoms with Crippen LogP contribution in [0.5, 0.6) is 11.5 Å². The number of benzene rings is 2. The van der Waals surface area contributed by atoms with Crippen molar-refractivity contribution in [2.24, 2.45) is 0 Å².